The maximum atomic E-state index is 12.8. The molecular formula is C27H25N5O4. The number of H-pyrrole nitrogens is 1. The van der Waals surface area contributed by atoms with E-state index < -0.39 is 10.8 Å². The summed E-state index contributed by atoms with van der Waals surface area (Å²) in [5.74, 6) is 0.00327. The Morgan fingerprint density at radius 3 is 2.75 bits per heavy atom. The van der Waals surface area contributed by atoms with Crippen LogP contribution in [0.1, 0.15) is 22.5 Å². The zero-order chi connectivity index (χ0) is 25.8. The molecule has 0 fully saturated rings. The molecule has 4 rings (SSSR count). The zero-order valence-corrected chi connectivity index (χ0v) is 20.2. The lowest BCUT2D eigenvalue weighted by atomic mass is 10.1. The van der Waals surface area contributed by atoms with Gasteiger partial charge in [0, 0.05) is 47.2 Å². The Bertz CT molecular complexity index is 1540. The van der Waals surface area contributed by atoms with Crippen molar-refractivity contribution in [3.05, 3.63) is 92.9 Å². The number of non-ortho nitro benzene ring substituents is 1. The zero-order valence-electron chi connectivity index (χ0n) is 20.2. The number of aromatic amines is 1. The Balaban J connectivity index is 1.56. The minimum absolute atomic E-state index is 0.0276. The van der Waals surface area contributed by atoms with E-state index in [1.165, 1.54) is 25.3 Å². The van der Waals surface area contributed by atoms with Crippen LogP contribution in [0.25, 0.3) is 22.7 Å². The molecule has 2 aromatic heterocycles. The van der Waals surface area contributed by atoms with Crippen LogP contribution in [0.2, 0.25) is 0 Å². The molecule has 1 amide bonds. The van der Waals surface area contributed by atoms with Gasteiger partial charge in [-0.25, -0.2) is 0 Å². The summed E-state index contributed by atoms with van der Waals surface area (Å²) in [7, 11) is 1.49. The predicted octanol–water partition coefficient (Wildman–Crippen LogP) is 4.76. The van der Waals surface area contributed by atoms with E-state index in [9.17, 15) is 20.2 Å². The summed E-state index contributed by atoms with van der Waals surface area (Å²) in [5.41, 5.74) is 4.67. The first-order valence-corrected chi connectivity index (χ1v) is 11.3. The maximum Gasteiger partial charge on any atom is 0.271 e. The summed E-state index contributed by atoms with van der Waals surface area (Å²) in [5, 5.41) is 24.9. The van der Waals surface area contributed by atoms with E-state index in [0.29, 0.717) is 35.7 Å². The molecule has 0 bridgehead atoms. The molecule has 2 heterocycles. The molecule has 0 atom stereocenters. The van der Waals surface area contributed by atoms with Gasteiger partial charge >= 0.3 is 0 Å². The lowest BCUT2D eigenvalue weighted by molar-refractivity contribution is -0.384. The first-order chi connectivity index (χ1) is 17.3. The molecule has 2 N–H and O–H groups in total. The molecule has 0 unspecified atom stereocenters. The highest BCUT2D eigenvalue weighted by Gasteiger charge is 2.18. The van der Waals surface area contributed by atoms with Crippen LogP contribution in [0.4, 0.5) is 5.69 Å². The number of rotatable bonds is 8. The van der Waals surface area contributed by atoms with Crippen molar-refractivity contribution in [2.24, 2.45) is 0 Å². The lowest BCUT2D eigenvalue weighted by Crippen LogP contribution is -2.26. The van der Waals surface area contributed by atoms with Crippen LogP contribution in [0, 0.1) is 35.3 Å². The Labute approximate surface area is 207 Å². The van der Waals surface area contributed by atoms with Crippen molar-refractivity contribution >= 4 is 28.6 Å². The topological polar surface area (TPSA) is 126 Å². The van der Waals surface area contributed by atoms with Crippen LogP contribution in [0.5, 0.6) is 5.75 Å². The van der Waals surface area contributed by atoms with Crippen LogP contribution in [-0.4, -0.2) is 34.0 Å². The molecule has 0 aliphatic rings. The number of nitriles is 1. The molecule has 0 saturated heterocycles. The number of nitro groups is 1. The standard InChI is InChI=1S/C27H25N5O4/c1-17-12-20(18(2)31(17)25-14-22(32(34)35)8-9-26(25)36-3)13-21(15-28)27(33)29-11-10-19-16-30-24-7-5-4-6-23(19)24/h4-9,12-14,16,30H,10-11H2,1-3H3,(H,29,33)/b21-13+. The van der Waals surface area contributed by atoms with E-state index in [1.807, 2.05) is 61.0 Å². The minimum Gasteiger partial charge on any atom is -0.495 e. The summed E-state index contributed by atoms with van der Waals surface area (Å²) in [6, 6.07) is 16.1. The largest absolute Gasteiger partial charge is 0.495 e. The Kier molecular flexibility index (Phi) is 6.88. The van der Waals surface area contributed by atoms with Gasteiger partial charge < -0.3 is 19.6 Å². The molecule has 36 heavy (non-hydrogen) atoms. The number of carbonyl (C=O) groups is 1. The normalized spacial score (nSPS) is 11.3. The number of aromatic nitrogens is 2. The summed E-state index contributed by atoms with van der Waals surface area (Å²) in [6.07, 6.45) is 4.08. The van der Waals surface area contributed by atoms with Gasteiger partial charge in [0.1, 0.15) is 17.4 Å². The van der Waals surface area contributed by atoms with Gasteiger partial charge in [-0.05, 0) is 55.7 Å². The molecule has 0 spiro atoms. The molecule has 0 aliphatic heterocycles. The van der Waals surface area contributed by atoms with Crippen LogP contribution >= 0.6 is 0 Å². The van der Waals surface area contributed by atoms with Crippen LogP contribution in [0.3, 0.4) is 0 Å². The highest BCUT2D eigenvalue weighted by atomic mass is 16.6. The molecule has 9 nitrogen and oxygen atoms in total. The van der Waals surface area contributed by atoms with Gasteiger partial charge in [-0.3, -0.25) is 14.9 Å². The van der Waals surface area contributed by atoms with E-state index in [-0.39, 0.29) is 11.3 Å². The average molecular weight is 484 g/mol. The minimum atomic E-state index is -0.466. The fraction of sp³-hybridized carbons (Fsp3) is 0.185. The second-order valence-corrected chi connectivity index (χ2v) is 8.31. The van der Waals surface area contributed by atoms with Crippen molar-refractivity contribution in [3.63, 3.8) is 0 Å². The van der Waals surface area contributed by atoms with Crippen LogP contribution in [0.15, 0.2) is 60.3 Å². The van der Waals surface area contributed by atoms with Crippen molar-refractivity contribution in [3.8, 4) is 17.5 Å². The summed E-state index contributed by atoms with van der Waals surface area (Å²) < 4.78 is 7.23. The fourth-order valence-corrected chi connectivity index (χ4v) is 4.32. The number of ether oxygens (including phenoxy) is 1. The van der Waals surface area contributed by atoms with Gasteiger partial charge in [0.2, 0.25) is 0 Å². The number of carbonyl (C=O) groups excluding carboxylic acids is 1. The second kappa shape index (κ2) is 10.2. The lowest BCUT2D eigenvalue weighted by Gasteiger charge is -2.14. The number of para-hydroxylation sites is 1. The Hall–Kier alpha value is -4.84. The molecule has 0 aliphatic carbocycles. The molecule has 2 aromatic carbocycles. The predicted molar refractivity (Wildman–Crippen MR) is 137 cm³/mol. The number of amides is 1. The number of hydrogen-bond acceptors (Lipinski definition) is 5. The molecule has 0 saturated carbocycles. The quantitative estimate of drug-likeness (QED) is 0.162. The van der Waals surface area contributed by atoms with E-state index >= 15 is 0 Å². The smallest absolute Gasteiger partial charge is 0.271 e. The SMILES string of the molecule is COc1ccc([N+](=O)[O-])cc1-n1c(C)cc(/C=C(\C#N)C(=O)NCCc2c[nH]c3ccccc23)c1C. The highest BCUT2D eigenvalue weighted by Crippen LogP contribution is 2.32. The number of aryl methyl sites for hydroxylation is 1. The van der Waals surface area contributed by atoms with Gasteiger partial charge in [0.05, 0.1) is 17.7 Å². The summed E-state index contributed by atoms with van der Waals surface area (Å²) in [6.45, 7) is 4.04. The number of nitrogens with zero attached hydrogens (tertiary/aromatic N) is 3. The molecular weight excluding hydrogens is 458 g/mol. The van der Waals surface area contributed by atoms with Gasteiger partial charge in [-0.1, -0.05) is 18.2 Å². The number of hydrogen-bond donors (Lipinski definition) is 2. The van der Waals surface area contributed by atoms with Crippen LogP contribution in [-0.2, 0) is 11.2 Å². The van der Waals surface area contributed by atoms with E-state index in [2.05, 4.69) is 10.3 Å². The first kappa shape index (κ1) is 24.3. The third kappa shape index (κ3) is 4.70. The van der Waals surface area contributed by atoms with Gasteiger partial charge in [0.25, 0.3) is 11.6 Å². The first-order valence-electron chi connectivity index (χ1n) is 11.3. The second-order valence-electron chi connectivity index (χ2n) is 8.31. The number of fused-ring (bicyclic) bond motifs is 1. The molecule has 9 heteroatoms. The van der Waals surface area contributed by atoms with E-state index in [0.717, 1.165) is 22.2 Å². The molecule has 0 radical (unpaired) electrons. The average Bonchev–Trinajstić information content (AvgIpc) is 3.41. The Morgan fingerprint density at radius 2 is 2.03 bits per heavy atom. The van der Waals surface area contributed by atoms with Gasteiger partial charge in [0.15, 0.2) is 0 Å². The van der Waals surface area contributed by atoms with Gasteiger partial charge in [-0.15, -0.1) is 0 Å². The number of benzene rings is 2. The van der Waals surface area contributed by atoms with E-state index in [1.54, 1.807) is 6.07 Å². The number of nitrogens with one attached hydrogen (secondary N) is 2. The van der Waals surface area contributed by atoms with Crippen molar-refractivity contribution in [1.82, 2.24) is 14.9 Å². The fourth-order valence-electron chi connectivity index (χ4n) is 4.32. The molecule has 4 aromatic rings. The van der Waals surface area contributed by atoms with E-state index in [4.69, 9.17) is 4.74 Å². The third-order valence-corrected chi connectivity index (χ3v) is 6.10. The maximum absolute atomic E-state index is 12.8. The van der Waals surface area contributed by atoms with Gasteiger partial charge in [-0.2, -0.15) is 5.26 Å². The Morgan fingerprint density at radius 1 is 1.25 bits per heavy atom. The third-order valence-electron chi connectivity index (χ3n) is 6.10. The van der Waals surface area contributed by atoms with Crippen LogP contribution < -0.4 is 10.1 Å². The summed E-state index contributed by atoms with van der Waals surface area (Å²) in [4.78, 5) is 26.8. The molecule has 182 valence electrons. The van der Waals surface area contributed by atoms with Crippen molar-refractivity contribution < 1.29 is 14.5 Å². The highest BCUT2D eigenvalue weighted by molar-refractivity contribution is 6.01. The monoisotopic (exact) mass is 483 g/mol. The number of nitro benzene ring substituents is 1. The van der Waals surface area contributed by atoms with Crippen molar-refractivity contribution in [1.29, 1.82) is 5.26 Å². The van der Waals surface area contributed by atoms with Crippen molar-refractivity contribution in [2.75, 3.05) is 13.7 Å². The summed E-state index contributed by atoms with van der Waals surface area (Å²) >= 11 is 0. The number of methoxy groups -OCH3 is 1. The van der Waals surface area contributed by atoms with Crippen molar-refractivity contribution in [2.45, 2.75) is 20.3 Å².